The third-order valence-corrected chi connectivity index (χ3v) is 2.48. The second-order valence-corrected chi connectivity index (χ2v) is 4.06. The highest BCUT2D eigenvalue weighted by Crippen LogP contribution is 2.00. The molecule has 0 rings (SSSR count). The van der Waals surface area contributed by atoms with Gasteiger partial charge in [-0.05, 0) is 19.4 Å². The Hall–Kier alpha value is 0.170. The van der Waals surface area contributed by atoms with Crippen LogP contribution in [0.1, 0.15) is 32.6 Å². The predicted molar refractivity (Wildman–Crippen MR) is 69.4 cm³/mol. The fraction of sp³-hybridized carbons (Fsp3) is 1.00. The summed E-state index contributed by atoms with van der Waals surface area (Å²) in [6, 6.07) is 0. The number of likely N-dealkylation sites (N-methyl/N-ethyl adjacent to an activating group) is 1. The first-order chi connectivity index (χ1) is 7.91. The van der Waals surface area contributed by atoms with Gasteiger partial charge in [-0.25, -0.2) is 0 Å². The lowest BCUT2D eigenvalue weighted by atomic mass is 10.2. The van der Waals surface area contributed by atoms with Gasteiger partial charge in [-0.2, -0.15) is 0 Å². The number of alkyl halides is 1. The van der Waals surface area contributed by atoms with Crippen LogP contribution >= 0.6 is 11.6 Å². The maximum atomic E-state index is 5.58. The predicted octanol–water partition coefficient (Wildman–Crippen LogP) is 2.43. The Balaban J connectivity index is 2.83. The third-order valence-electron chi connectivity index (χ3n) is 2.22. The van der Waals surface area contributed by atoms with Crippen LogP contribution in [0.2, 0.25) is 0 Å². The van der Waals surface area contributed by atoms with E-state index in [2.05, 4.69) is 12.2 Å². The standard InChI is InChI=1S/C12H26ClNO2/c1-2-14-8-10-16-12-11-15-9-6-4-3-5-7-13/h14H,2-12H2,1H3. The highest BCUT2D eigenvalue weighted by Gasteiger charge is 1.91. The second kappa shape index (κ2) is 15.2. The highest BCUT2D eigenvalue weighted by molar-refractivity contribution is 6.17. The van der Waals surface area contributed by atoms with Gasteiger partial charge in [-0.15, -0.1) is 11.6 Å². The Bertz CT molecular complexity index is 112. The zero-order valence-electron chi connectivity index (χ0n) is 10.5. The van der Waals surface area contributed by atoms with Crippen LogP contribution in [-0.2, 0) is 9.47 Å². The summed E-state index contributed by atoms with van der Waals surface area (Å²) in [6.07, 6.45) is 4.68. The van der Waals surface area contributed by atoms with E-state index in [0.717, 1.165) is 45.0 Å². The summed E-state index contributed by atoms with van der Waals surface area (Å²) in [7, 11) is 0. The first kappa shape index (κ1) is 16.2. The SMILES string of the molecule is CCNCCOCCOCCCCCCCl. The molecule has 16 heavy (non-hydrogen) atoms. The molecule has 4 heteroatoms. The Kier molecular flexibility index (Phi) is 15.3. The molecule has 3 nitrogen and oxygen atoms in total. The maximum Gasteiger partial charge on any atom is 0.0701 e. The van der Waals surface area contributed by atoms with E-state index >= 15 is 0 Å². The summed E-state index contributed by atoms with van der Waals surface area (Å²) < 4.78 is 10.8. The van der Waals surface area contributed by atoms with Crippen LogP contribution < -0.4 is 5.32 Å². The van der Waals surface area contributed by atoms with Gasteiger partial charge in [0, 0.05) is 19.0 Å². The molecular formula is C12H26ClNO2. The van der Waals surface area contributed by atoms with E-state index in [-0.39, 0.29) is 0 Å². The summed E-state index contributed by atoms with van der Waals surface area (Å²) in [6.45, 7) is 7.05. The van der Waals surface area contributed by atoms with E-state index in [4.69, 9.17) is 21.1 Å². The molecule has 0 spiro atoms. The van der Waals surface area contributed by atoms with Gasteiger partial charge in [0.2, 0.25) is 0 Å². The first-order valence-corrected chi connectivity index (χ1v) is 6.87. The summed E-state index contributed by atoms with van der Waals surface area (Å²) in [4.78, 5) is 0. The van der Waals surface area contributed by atoms with Crippen LogP contribution in [-0.4, -0.2) is 45.4 Å². The molecule has 0 saturated heterocycles. The van der Waals surface area contributed by atoms with E-state index in [9.17, 15) is 0 Å². The molecule has 0 aliphatic carbocycles. The van der Waals surface area contributed by atoms with E-state index in [1.54, 1.807) is 0 Å². The van der Waals surface area contributed by atoms with Gasteiger partial charge in [0.05, 0.1) is 19.8 Å². The Morgan fingerprint density at radius 3 is 2.25 bits per heavy atom. The fourth-order valence-corrected chi connectivity index (χ4v) is 1.48. The average Bonchev–Trinajstić information content (AvgIpc) is 2.31. The molecule has 0 atom stereocenters. The second-order valence-electron chi connectivity index (χ2n) is 3.68. The van der Waals surface area contributed by atoms with Crippen LogP contribution in [0, 0.1) is 0 Å². The van der Waals surface area contributed by atoms with Gasteiger partial charge in [-0.1, -0.05) is 19.8 Å². The molecule has 0 fully saturated rings. The van der Waals surface area contributed by atoms with Crippen LogP contribution in [0.25, 0.3) is 0 Å². The smallest absolute Gasteiger partial charge is 0.0701 e. The summed E-state index contributed by atoms with van der Waals surface area (Å²) >= 11 is 5.58. The monoisotopic (exact) mass is 251 g/mol. The number of unbranched alkanes of at least 4 members (excludes halogenated alkanes) is 3. The van der Waals surface area contributed by atoms with Gasteiger partial charge in [-0.3, -0.25) is 0 Å². The number of ether oxygens (including phenoxy) is 2. The molecule has 0 heterocycles. The van der Waals surface area contributed by atoms with Crippen molar-refractivity contribution in [2.75, 3.05) is 45.4 Å². The Morgan fingerprint density at radius 1 is 0.875 bits per heavy atom. The lowest BCUT2D eigenvalue weighted by Gasteiger charge is -2.06. The van der Waals surface area contributed by atoms with Gasteiger partial charge in [0.25, 0.3) is 0 Å². The number of nitrogens with one attached hydrogen (secondary N) is 1. The quantitative estimate of drug-likeness (QED) is 0.403. The van der Waals surface area contributed by atoms with Crippen molar-refractivity contribution in [1.29, 1.82) is 0 Å². The molecule has 0 aliphatic rings. The van der Waals surface area contributed by atoms with Crippen molar-refractivity contribution in [3.8, 4) is 0 Å². The molecule has 0 saturated carbocycles. The number of hydrogen-bond acceptors (Lipinski definition) is 3. The molecule has 0 aliphatic heterocycles. The zero-order chi connectivity index (χ0) is 11.9. The summed E-state index contributed by atoms with van der Waals surface area (Å²) in [5.74, 6) is 0.778. The molecule has 1 N–H and O–H groups in total. The number of halogens is 1. The highest BCUT2D eigenvalue weighted by atomic mass is 35.5. The van der Waals surface area contributed by atoms with E-state index in [0.29, 0.717) is 13.2 Å². The Labute approximate surface area is 105 Å². The van der Waals surface area contributed by atoms with Gasteiger partial charge >= 0.3 is 0 Å². The van der Waals surface area contributed by atoms with E-state index in [1.807, 2.05) is 0 Å². The Morgan fingerprint density at radius 2 is 1.56 bits per heavy atom. The van der Waals surface area contributed by atoms with Crippen molar-refractivity contribution in [2.45, 2.75) is 32.6 Å². The molecule has 0 aromatic rings. The molecule has 0 radical (unpaired) electrons. The molecule has 0 aromatic heterocycles. The average molecular weight is 252 g/mol. The van der Waals surface area contributed by atoms with Crippen LogP contribution in [0.4, 0.5) is 0 Å². The molecule has 0 bridgehead atoms. The normalized spacial score (nSPS) is 10.9. The fourth-order valence-electron chi connectivity index (χ4n) is 1.30. The van der Waals surface area contributed by atoms with Crippen molar-refractivity contribution >= 4 is 11.6 Å². The minimum Gasteiger partial charge on any atom is -0.379 e. The molecular weight excluding hydrogens is 226 g/mol. The van der Waals surface area contributed by atoms with Crippen LogP contribution in [0.15, 0.2) is 0 Å². The lowest BCUT2D eigenvalue weighted by molar-refractivity contribution is 0.0475. The largest absolute Gasteiger partial charge is 0.379 e. The van der Waals surface area contributed by atoms with Gasteiger partial charge in [0.1, 0.15) is 0 Å². The number of rotatable bonds is 13. The molecule has 98 valence electrons. The van der Waals surface area contributed by atoms with Gasteiger partial charge < -0.3 is 14.8 Å². The van der Waals surface area contributed by atoms with Crippen molar-refractivity contribution < 1.29 is 9.47 Å². The summed E-state index contributed by atoms with van der Waals surface area (Å²) in [5, 5.41) is 3.20. The lowest BCUT2D eigenvalue weighted by Crippen LogP contribution is -2.20. The van der Waals surface area contributed by atoms with Crippen molar-refractivity contribution in [3.05, 3.63) is 0 Å². The zero-order valence-corrected chi connectivity index (χ0v) is 11.2. The van der Waals surface area contributed by atoms with E-state index in [1.165, 1.54) is 12.8 Å². The van der Waals surface area contributed by atoms with Crippen molar-refractivity contribution in [2.24, 2.45) is 0 Å². The number of hydrogen-bond donors (Lipinski definition) is 1. The first-order valence-electron chi connectivity index (χ1n) is 6.34. The minimum atomic E-state index is 0.701. The van der Waals surface area contributed by atoms with Crippen molar-refractivity contribution in [1.82, 2.24) is 5.32 Å². The third kappa shape index (κ3) is 14.2. The van der Waals surface area contributed by atoms with Crippen LogP contribution in [0.5, 0.6) is 0 Å². The molecule has 0 amide bonds. The molecule has 0 aromatic carbocycles. The minimum absolute atomic E-state index is 0.701. The topological polar surface area (TPSA) is 30.5 Å². The van der Waals surface area contributed by atoms with Gasteiger partial charge in [0.15, 0.2) is 0 Å². The van der Waals surface area contributed by atoms with Crippen molar-refractivity contribution in [3.63, 3.8) is 0 Å². The molecule has 0 unspecified atom stereocenters. The van der Waals surface area contributed by atoms with Crippen LogP contribution in [0.3, 0.4) is 0 Å². The van der Waals surface area contributed by atoms with E-state index < -0.39 is 0 Å². The maximum absolute atomic E-state index is 5.58. The summed E-state index contributed by atoms with van der Waals surface area (Å²) in [5.41, 5.74) is 0.